The van der Waals surface area contributed by atoms with E-state index < -0.39 is 10.0 Å². The molecule has 32 heavy (non-hydrogen) atoms. The molecule has 9 heteroatoms. The highest BCUT2D eigenvalue weighted by Gasteiger charge is 2.34. The first kappa shape index (κ1) is 22.4. The van der Waals surface area contributed by atoms with Crippen molar-refractivity contribution in [2.24, 2.45) is 0 Å². The predicted octanol–water partition coefficient (Wildman–Crippen LogP) is 2.48. The SMILES string of the molecule is CC(=O)N1CCN(S(=O)(=O)c2cccc(C(=O)N(Cc3ccc(F)cc3)C3CC3)c2)CC1. The molecular formula is C23H26FN3O4S. The molecule has 1 aliphatic carbocycles. The Kier molecular flexibility index (Phi) is 6.30. The lowest BCUT2D eigenvalue weighted by Crippen LogP contribution is -2.49. The number of sulfonamides is 1. The standard InChI is InChI=1S/C23H26FN3O4S/c1-17(28)25-11-13-26(14-12-25)32(30,31)22-4-2-3-19(15-22)23(29)27(21-9-10-21)16-18-5-7-20(24)8-6-18/h2-8,15,21H,9-14,16H2,1H3. The fourth-order valence-corrected chi connectivity index (χ4v) is 5.36. The Labute approximate surface area is 187 Å². The van der Waals surface area contributed by atoms with Gasteiger partial charge >= 0.3 is 0 Å². The molecule has 0 N–H and O–H groups in total. The first-order chi connectivity index (χ1) is 15.3. The van der Waals surface area contributed by atoms with Crippen molar-refractivity contribution in [2.75, 3.05) is 26.2 Å². The van der Waals surface area contributed by atoms with Gasteiger partial charge in [0.1, 0.15) is 5.82 Å². The number of hydrogen-bond acceptors (Lipinski definition) is 4. The van der Waals surface area contributed by atoms with Crippen molar-refractivity contribution < 1.29 is 22.4 Å². The molecule has 0 unspecified atom stereocenters. The van der Waals surface area contributed by atoms with Crippen LogP contribution in [0.2, 0.25) is 0 Å². The highest BCUT2D eigenvalue weighted by atomic mass is 32.2. The zero-order valence-electron chi connectivity index (χ0n) is 17.9. The summed E-state index contributed by atoms with van der Waals surface area (Å²) in [6.07, 6.45) is 1.79. The summed E-state index contributed by atoms with van der Waals surface area (Å²) in [5, 5.41) is 0. The highest BCUT2D eigenvalue weighted by molar-refractivity contribution is 7.89. The second-order valence-corrected chi connectivity index (χ2v) is 10.2. The largest absolute Gasteiger partial charge is 0.340 e. The summed E-state index contributed by atoms with van der Waals surface area (Å²) in [5.41, 5.74) is 1.13. The van der Waals surface area contributed by atoms with E-state index in [0.29, 0.717) is 25.2 Å². The van der Waals surface area contributed by atoms with E-state index in [0.717, 1.165) is 18.4 Å². The lowest BCUT2D eigenvalue weighted by Gasteiger charge is -2.33. The number of piperazine rings is 1. The summed E-state index contributed by atoms with van der Waals surface area (Å²) >= 11 is 0. The van der Waals surface area contributed by atoms with E-state index in [1.165, 1.54) is 35.5 Å². The van der Waals surface area contributed by atoms with E-state index in [1.807, 2.05) is 0 Å². The van der Waals surface area contributed by atoms with Crippen LogP contribution in [0.25, 0.3) is 0 Å². The second-order valence-electron chi connectivity index (χ2n) is 8.23. The lowest BCUT2D eigenvalue weighted by molar-refractivity contribution is -0.129. The number of benzene rings is 2. The van der Waals surface area contributed by atoms with Gasteiger partial charge in [0, 0.05) is 51.3 Å². The molecule has 1 aliphatic heterocycles. The molecule has 0 radical (unpaired) electrons. The molecule has 2 amide bonds. The van der Waals surface area contributed by atoms with Crippen molar-refractivity contribution in [3.8, 4) is 0 Å². The number of carbonyl (C=O) groups is 2. The summed E-state index contributed by atoms with van der Waals surface area (Å²) in [6, 6.07) is 12.3. The fraction of sp³-hybridized carbons (Fsp3) is 0.391. The number of amides is 2. The number of nitrogens with zero attached hydrogens (tertiary/aromatic N) is 3. The van der Waals surface area contributed by atoms with Gasteiger partial charge in [-0.1, -0.05) is 18.2 Å². The Balaban J connectivity index is 1.53. The Morgan fingerprint density at radius 3 is 2.28 bits per heavy atom. The van der Waals surface area contributed by atoms with Crippen molar-refractivity contribution >= 4 is 21.8 Å². The molecule has 7 nitrogen and oxygen atoms in total. The smallest absolute Gasteiger partial charge is 0.254 e. The van der Waals surface area contributed by atoms with Crippen molar-refractivity contribution in [2.45, 2.75) is 37.2 Å². The van der Waals surface area contributed by atoms with Gasteiger partial charge in [0.25, 0.3) is 5.91 Å². The minimum absolute atomic E-state index is 0.0668. The fourth-order valence-electron chi connectivity index (χ4n) is 3.89. The molecule has 4 rings (SSSR count). The Hall–Kier alpha value is -2.78. The van der Waals surface area contributed by atoms with Gasteiger partial charge in [-0.15, -0.1) is 0 Å². The summed E-state index contributed by atoms with van der Waals surface area (Å²) in [5.74, 6) is -0.647. The topological polar surface area (TPSA) is 78.0 Å². The van der Waals surface area contributed by atoms with Gasteiger partial charge in [-0.3, -0.25) is 9.59 Å². The van der Waals surface area contributed by atoms with E-state index in [9.17, 15) is 22.4 Å². The van der Waals surface area contributed by atoms with Crippen molar-refractivity contribution in [1.82, 2.24) is 14.1 Å². The van der Waals surface area contributed by atoms with E-state index in [1.54, 1.807) is 34.1 Å². The van der Waals surface area contributed by atoms with E-state index in [2.05, 4.69) is 0 Å². The molecule has 0 spiro atoms. The van der Waals surface area contributed by atoms with Crippen LogP contribution in [0.15, 0.2) is 53.4 Å². The van der Waals surface area contributed by atoms with Crippen molar-refractivity contribution in [3.05, 3.63) is 65.5 Å². The van der Waals surface area contributed by atoms with Crippen molar-refractivity contribution in [3.63, 3.8) is 0 Å². The molecule has 170 valence electrons. The molecule has 0 atom stereocenters. The average Bonchev–Trinajstić information content (AvgIpc) is 3.63. The van der Waals surface area contributed by atoms with Gasteiger partial charge in [0.15, 0.2) is 0 Å². The van der Waals surface area contributed by atoms with Gasteiger partial charge in [-0.25, -0.2) is 12.8 Å². The third-order valence-corrected chi connectivity index (χ3v) is 7.81. The van der Waals surface area contributed by atoms with Crippen LogP contribution in [0.4, 0.5) is 4.39 Å². The second kappa shape index (κ2) is 8.99. The molecule has 2 aromatic carbocycles. The number of halogens is 1. The first-order valence-electron chi connectivity index (χ1n) is 10.7. The molecule has 2 fully saturated rings. The number of hydrogen-bond donors (Lipinski definition) is 0. The van der Waals surface area contributed by atoms with Gasteiger partial charge in [-0.2, -0.15) is 4.31 Å². The Morgan fingerprint density at radius 2 is 1.69 bits per heavy atom. The van der Waals surface area contributed by atoms with E-state index in [-0.39, 0.29) is 41.7 Å². The summed E-state index contributed by atoms with van der Waals surface area (Å²) < 4.78 is 40.9. The molecule has 1 saturated heterocycles. The highest BCUT2D eigenvalue weighted by Crippen LogP contribution is 2.30. The molecule has 0 bridgehead atoms. The molecule has 1 heterocycles. The maximum absolute atomic E-state index is 13.3. The molecule has 0 aromatic heterocycles. The van der Waals surface area contributed by atoms with Gasteiger partial charge in [0.2, 0.25) is 15.9 Å². The molecule has 2 aliphatic rings. The third kappa shape index (κ3) is 4.83. The maximum Gasteiger partial charge on any atom is 0.254 e. The maximum atomic E-state index is 13.3. The van der Waals surface area contributed by atoms with Crippen LogP contribution >= 0.6 is 0 Å². The van der Waals surface area contributed by atoms with Gasteiger partial charge in [0.05, 0.1) is 4.90 Å². The summed E-state index contributed by atoms with van der Waals surface area (Å²) in [6.45, 7) is 2.95. The zero-order chi connectivity index (χ0) is 22.9. The normalized spacial score (nSPS) is 17.2. The quantitative estimate of drug-likeness (QED) is 0.665. The third-order valence-electron chi connectivity index (χ3n) is 5.92. The minimum atomic E-state index is -3.78. The zero-order valence-corrected chi connectivity index (χ0v) is 18.7. The Bertz CT molecular complexity index is 1110. The van der Waals surface area contributed by atoms with E-state index in [4.69, 9.17) is 0 Å². The van der Waals surface area contributed by atoms with Crippen LogP contribution < -0.4 is 0 Å². The van der Waals surface area contributed by atoms with E-state index >= 15 is 0 Å². The lowest BCUT2D eigenvalue weighted by atomic mass is 10.1. The number of carbonyl (C=O) groups excluding carboxylic acids is 2. The molecular weight excluding hydrogens is 433 g/mol. The molecule has 2 aromatic rings. The van der Waals surface area contributed by atoms with Crippen LogP contribution in [0.3, 0.4) is 0 Å². The minimum Gasteiger partial charge on any atom is -0.340 e. The molecule has 1 saturated carbocycles. The Morgan fingerprint density at radius 1 is 1.03 bits per heavy atom. The van der Waals surface area contributed by atoms with Gasteiger partial charge in [-0.05, 0) is 48.7 Å². The monoisotopic (exact) mass is 459 g/mol. The van der Waals surface area contributed by atoms with Crippen molar-refractivity contribution in [1.29, 1.82) is 0 Å². The predicted molar refractivity (Wildman–Crippen MR) is 117 cm³/mol. The van der Waals surface area contributed by atoms with Crippen LogP contribution in [0, 0.1) is 5.82 Å². The van der Waals surface area contributed by atoms with Crippen LogP contribution in [-0.2, 0) is 21.4 Å². The first-order valence-corrected chi connectivity index (χ1v) is 12.1. The van der Waals surface area contributed by atoms with Gasteiger partial charge < -0.3 is 9.80 Å². The van der Waals surface area contributed by atoms with Crippen LogP contribution in [0.1, 0.15) is 35.7 Å². The summed E-state index contributed by atoms with van der Waals surface area (Å²) in [7, 11) is -3.78. The number of rotatable bonds is 6. The van der Waals surface area contributed by atoms with Crippen LogP contribution in [0.5, 0.6) is 0 Å². The van der Waals surface area contributed by atoms with Crippen LogP contribution in [-0.4, -0.2) is 66.6 Å². The summed E-state index contributed by atoms with van der Waals surface area (Å²) in [4.78, 5) is 28.2. The average molecular weight is 460 g/mol.